The first-order chi connectivity index (χ1) is 9.47. The van der Waals surface area contributed by atoms with E-state index in [1.54, 1.807) is 18.2 Å². The Labute approximate surface area is 119 Å². The lowest BCUT2D eigenvalue weighted by Crippen LogP contribution is -2.16. The number of hydrogen-bond acceptors (Lipinski definition) is 3. The summed E-state index contributed by atoms with van der Waals surface area (Å²) in [6.07, 6.45) is 0. The van der Waals surface area contributed by atoms with E-state index in [2.05, 4.69) is 10.1 Å². The number of hydrogen-bond donors (Lipinski definition) is 2. The highest BCUT2D eigenvalue weighted by Crippen LogP contribution is 2.29. The summed E-state index contributed by atoms with van der Waals surface area (Å²) in [6.45, 7) is 3.65. The molecular weight excluding hydrogens is 278 g/mol. The molecule has 1 aromatic carbocycles. The number of halogens is 1. The van der Waals surface area contributed by atoms with Gasteiger partial charge in [0.1, 0.15) is 0 Å². The molecule has 0 fully saturated rings. The lowest BCUT2D eigenvalue weighted by Gasteiger charge is -2.09. The number of pyridine rings is 1. The summed E-state index contributed by atoms with van der Waals surface area (Å²) in [6, 6.07) is 6.76. The van der Waals surface area contributed by atoms with Gasteiger partial charge in [-0.2, -0.15) is 5.10 Å². The van der Waals surface area contributed by atoms with Crippen molar-refractivity contribution in [2.75, 3.05) is 0 Å². The van der Waals surface area contributed by atoms with Gasteiger partial charge in [-0.15, -0.1) is 0 Å². The molecule has 0 aliphatic rings. The highest BCUT2D eigenvalue weighted by Gasteiger charge is 2.16. The first kappa shape index (κ1) is 12.7. The minimum Gasteiger partial charge on any atom is -0.505 e. The zero-order valence-electron chi connectivity index (χ0n) is 10.9. The van der Waals surface area contributed by atoms with Gasteiger partial charge in [0.25, 0.3) is 5.56 Å². The summed E-state index contributed by atoms with van der Waals surface area (Å²) < 4.78 is 1.44. The van der Waals surface area contributed by atoms with Crippen LogP contribution in [0, 0.1) is 13.8 Å². The maximum atomic E-state index is 12.2. The number of fused-ring (bicyclic) bond motifs is 1. The first-order valence-electron chi connectivity index (χ1n) is 6.05. The van der Waals surface area contributed by atoms with Crippen molar-refractivity contribution in [3.8, 4) is 11.4 Å². The highest BCUT2D eigenvalue weighted by atomic mass is 35.5. The Balaban J connectivity index is 2.40. The SMILES string of the molecule is Cc1cc(C)n(-c2c(O)c3ccc(Cl)cc3[nH]c2=O)n1. The number of aromatic hydroxyl groups is 1. The molecule has 0 spiro atoms. The van der Waals surface area contributed by atoms with Crippen molar-refractivity contribution in [3.05, 3.63) is 51.0 Å². The second-order valence-corrected chi connectivity index (χ2v) is 5.12. The van der Waals surface area contributed by atoms with Crippen LogP contribution in [0.5, 0.6) is 5.75 Å². The Morgan fingerprint density at radius 1 is 1.30 bits per heavy atom. The maximum absolute atomic E-state index is 12.2. The third-order valence-electron chi connectivity index (χ3n) is 3.15. The van der Waals surface area contributed by atoms with Crippen molar-refractivity contribution in [1.82, 2.24) is 14.8 Å². The largest absolute Gasteiger partial charge is 0.505 e. The second-order valence-electron chi connectivity index (χ2n) is 4.68. The van der Waals surface area contributed by atoms with Crippen LogP contribution >= 0.6 is 11.6 Å². The molecule has 0 atom stereocenters. The number of nitrogens with one attached hydrogen (secondary N) is 1. The van der Waals surface area contributed by atoms with Crippen LogP contribution in [0.1, 0.15) is 11.4 Å². The van der Waals surface area contributed by atoms with Gasteiger partial charge in [-0.1, -0.05) is 11.6 Å². The fourth-order valence-corrected chi connectivity index (χ4v) is 2.47. The molecule has 5 nitrogen and oxygen atoms in total. The topological polar surface area (TPSA) is 70.9 Å². The molecule has 0 saturated heterocycles. The summed E-state index contributed by atoms with van der Waals surface area (Å²) in [5, 5.41) is 15.6. The van der Waals surface area contributed by atoms with E-state index in [9.17, 15) is 9.90 Å². The molecule has 0 aliphatic heterocycles. The third-order valence-corrected chi connectivity index (χ3v) is 3.38. The molecule has 0 amide bonds. The van der Waals surface area contributed by atoms with Crippen LogP contribution in [0.3, 0.4) is 0 Å². The van der Waals surface area contributed by atoms with Gasteiger partial charge in [-0.3, -0.25) is 4.79 Å². The Kier molecular flexibility index (Phi) is 2.79. The quantitative estimate of drug-likeness (QED) is 0.723. The standard InChI is InChI=1S/C14H12ClN3O2/c1-7-5-8(2)18(17-7)12-13(19)10-4-3-9(15)6-11(10)16-14(12)20/h3-6H,1-2H3,(H2,16,19,20). The van der Waals surface area contributed by atoms with Crippen molar-refractivity contribution < 1.29 is 5.11 Å². The Hall–Kier alpha value is -2.27. The van der Waals surface area contributed by atoms with Gasteiger partial charge in [-0.25, -0.2) is 4.68 Å². The minimum atomic E-state index is -0.413. The van der Waals surface area contributed by atoms with Gasteiger partial charge >= 0.3 is 0 Å². The van der Waals surface area contributed by atoms with E-state index in [0.717, 1.165) is 11.4 Å². The van der Waals surface area contributed by atoms with E-state index in [-0.39, 0.29) is 11.4 Å². The molecule has 0 bridgehead atoms. The molecule has 3 aromatic rings. The van der Waals surface area contributed by atoms with Gasteiger partial charge < -0.3 is 10.1 Å². The lowest BCUT2D eigenvalue weighted by molar-refractivity contribution is 0.474. The van der Waals surface area contributed by atoms with E-state index in [0.29, 0.717) is 15.9 Å². The van der Waals surface area contributed by atoms with Gasteiger partial charge in [0.05, 0.1) is 11.2 Å². The van der Waals surface area contributed by atoms with Crippen molar-refractivity contribution in [1.29, 1.82) is 0 Å². The number of nitrogens with zero attached hydrogens (tertiary/aromatic N) is 2. The molecule has 2 aromatic heterocycles. The molecule has 0 unspecified atom stereocenters. The highest BCUT2D eigenvalue weighted by molar-refractivity contribution is 6.31. The molecule has 20 heavy (non-hydrogen) atoms. The average molecular weight is 290 g/mol. The van der Waals surface area contributed by atoms with Gasteiger partial charge in [0.15, 0.2) is 11.4 Å². The zero-order valence-corrected chi connectivity index (χ0v) is 11.7. The smallest absolute Gasteiger partial charge is 0.278 e. The normalized spacial score (nSPS) is 11.2. The van der Waals surface area contributed by atoms with E-state index in [4.69, 9.17) is 11.6 Å². The fraction of sp³-hybridized carbons (Fsp3) is 0.143. The van der Waals surface area contributed by atoms with E-state index in [1.165, 1.54) is 4.68 Å². The maximum Gasteiger partial charge on any atom is 0.278 e. The molecule has 3 rings (SSSR count). The zero-order chi connectivity index (χ0) is 14.4. The predicted octanol–water partition coefficient (Wildman–Crippen LogP) is 2.69. The molecule has 2 heterocycles. The van der Waals surface area contributed by atoms with Crippen LogP contribution < -0.4 is 5.56 Å². The molecule has 2 N–H and O–H groups in total. The van der Waals surface area contributed by atoms with Gasteiger partial charge in [-0.05, 0) is 38.1 Å². The van der Waals surface area contributed by atoms with Crippen molar-refractivity contribution in [3.63, 3.8) is 0 Å². The number of rotatable bonds is 1. The van der Waals surface area contributed by atoms with Crippen LogP contribution in [-0.2, 0) is 0 Å². The number of benzene rings is 1. The van der Waals surface area contributed by atoms with Gasteiger partial charge in [0.2, 0.25) is 0 Å². The number of H-pyrrole nitrogens is 1. The number of aromatic nitrogens is 3. The molecule has 0 radical (unpaired) electrons. The van der Waals surface area contributed by atoms with Crippen LogP contribution in [0.4, 0.5) is 0 Å². The fourth-order valence-electron chi connectivity index (χ4n) is 2.29. The van der Waals surface area contributed by atoms with Crippen LogP contribution in [0.15, 0.2) is 29.1 Å². The van der Waals surface area contributed by atoms with Crippen molar-refractivity contribution in [2.45, 2.75) is 13.8 Å². The van der Waals surface area contributed by atoms with E-state index < -0.39 is 5.56 Å². The van der Waals surface area contributed by atoms with Crippen molar-refractivity contribution >= 4 is 22.5 Å². The molecule has 102 valence electrons. The van der Waals surface area contributed by atoms with E-state index >= 15 is 0 Å². The number of aryl methyl sites for hydroxylation is 2. The van der Waals surface area contributed by atoms with Crippen LogP contribution in [0.2, 0.25) is 5.02 Å². The monoisotopic (exact) mass is 289 g/mol. The summed E-state index contributed by atoms with van der Waals surface area (Å²) in [5.74, 6) is -0.105. The molecular formula is C14H12ClN3O2. The third kappa shape index (κ3) is 1.87. The minimum absolute atomic E-state index is 0.105. The molecule has 0 saturated carbocycles. The molecule has 0 aliphatic carbocycles. The summed E-state index contributed by atoms with van der Waals surface area (Å²) in [4.78, 5) is 14.9. The first-order valence-corrected chi connectivity index (χ1v) is 6.43. The average Bonchev–Trinajstić information content (AvgIpc) is 2.68. The second kappa shape index (κ2) is 4.38. The van der Waals surface area contributed by atoms with Gasteiger partial charge in [0, 0.05) is 16.1 Å². The Morgan fingerprint density at radius 2 is 2.05 bits per heavy atom. The summed E-state index contributed by atoms with van der Waals surface area (Å²) >= 11 is 5.89. The summed E-state index contributed by atoms with van der Waals surface area (Å²) in [5.41, 5.74) is 1.74. The predicted molar refractivity (Wildman–Crippen MR) is 77.8 cm³/mol. The Bertz CT molecular complexity index is 880. The van der Waals surface area contributed by atoms with Crippen LogP contribution in [-0.4, -0.2) is 19.9 Å². The van der Waals surface area contributed by atoms with E-state index in [1.807, 2.05) is 19.9 Å². The number of aromatic amines is 1. The Morgan fingerprint density at radius 3 is 2.70 bits per heavy atom. The summed E-state index contributed by atoms with van der Waals surface area (Å²) in [7, 11) is 0. The molecule has 6 heteroatoms. The lowest BCUT2D eigenvalue weighted by atomic mass is 10.2. The van der Waals surface area contributed by atoms with Crippen molar-refractivity contribution in [2.24, 2.45) is 0 Å². The van der Waals surface area contributed by atoms with Crippen LogP contribution in [0.25, 0.3) is 16.6 Å².